The molecule has 0 saturated heterocycles. The molecule has 1 unspecified atom stereocenters. The van der Waals surface area contributed by atoms with E-state index in [4.69, 9.17) is 9.47 Å². The smallest absolute Gasteiger partial charge is 0.414 e. The topological polar surface area (TPSA) is 127 Å². The first kappa shape index (κ1) is 28.3. The number of methoxy groups -OCH3 is 1. The molecule has 3 aromatic rings. The number of nitrogens with zero attached hydrogens (tertiary/aromatic N) is 6. The molecule has 0 spiro atoms. The number of fused-ring (bicyclic) bond motifs is 7. The number of rotatable bonds is 4. The molecule has 4 rings (SSSR count). The average molecular weight is 552 g/mol. The molecule has 39 heavy (non-hydrogen) atoms. The van der Waals surface area contributed by atoms with E-state index in [2.05, 4.69) is 25.4 Å². The van der Waals surface area contributed by atoms with Crippen molar-refractivity contribution in [2.24, 2.45) is 0 Å². The predicted octanol–water partition coefficient (Wildman–Crippen LogP) is 3.92. The fraction of sp³-hybridized carbons (Fsp3) is 0.560. The van der Waals surface area contributed by atoms with Crippen molar-refractivity contribution >= 4 is 11.7 Å². The molecule has 0 saturated carbocycles. The largest absolute Gasteiger partial charge is 0.494 e. The lowest BCUT2D eigenvalue weighted by atomic mass is 10.0. The summed E-state index contributed by atoms with van der Waals surface area (Å²) < 4.78 is 52.3. The minimum absolute atomic E-state index is 0.262. The van der Waals surface area contributed by atoms with Gasteiger partial charge in [0.2, 0.25) is 5.65 Å². The first-order valence-corrected chi connectivity index (χ1v) is 12.8. The predicted molar refractivity (Wildman–Crippen MR) is 134 cm³/mol. The summed E-state index contributed by atoms with van der Waals surface area (Å²) in [5, 5.41) is 16.6. The monoisotopic (exact) mass is 551 g/mol. The van der Waals surface area contributed by atoms with Gasteiger partial charge in [-0.15, -0.1) is 0 Å². The van der Waals surface area contributed by atoms with Gasteiger partial charge >= 0.3 is 12.2 Å². The molecule has 212 valence electrons. The highest BCUT2D eigenvalue weighted by Crippen LogP contribution is 2.33. The Balaban J connectivity index is 1.73. The third-order valence-corrected chi connectivity index (χ3v) is 6.76. The fourth-order valence-corrected chi connectivity index (χ4v) is 4.58. The zero-order valence-corrected chi connectivity index (χ0v) is 22.0. The number of ether oxygens (including phenoxy) is 2. The zero-order valence-electron chi connectivity index (χ0n) is 22.0. The molecule has 4 bridgehead atoms. The maximum absolute atomic E-state index is 13.3. The Kier molecular flexibility index (Phi) is 8.73. The molecule has 0 fully saturated rings. The van der Waals surface area contributed by atoms with Gasteiger partial charge in [-0.3, -0.25) is 4.98 Å². The molecular formula is C25H32F3N7O4. The standard InChI is InChI=1S/C25H32F3N7O4/c1-4-34-15(2)18-11-17(20(38-3)12-29-18)19-13-35-22(30-14-31-35)23(33-19)39-9-7-5-6-8-16(32-24(34)37)10-21(36)25(26,27)28/h11-16,21,36H,4-10H2,1-3H3,(H,32,37)/t15-,16-,21?/m1/s1. The second-order valence-electron chi connectivity index (χ2n) is 9.37. The number of carbonyl (C=O) groups is 1. The molecule has 2 N–H and O–H groups in total. The Morgan fingerprint density at radius 2 is 2.08 bits per heavy atom. The van der Waals surface area contributed by atoms with E-state index in [1.54, 1.807) is 30.6 Å². The molecule has 4 heterocycles. The van der Waals surface area contributed by atoms with Crippen LogP contribution in [-0.2, 0) is 0 Å². The highest BCUT2D eigenvalue weighted by Gasteiger charge is 2.40. The van der Waals surface area contributed by atoms with E-state index >= 15 is 0 Å². The summed E-state index contributed by atoms with van der Waals surface area (Å²) in [5.41, 5.74) is 2.03. The summed E-state index contributed by atoms with van der Waals surface area (Å²) in [6.45, 7) is 4.11. The number of aliphatic hydroxyl groups is 1. The normalized spacial score (nSPS) is 20.2. The number of alkyl halides is 3. The molecule has 1 aliphatic rings. The van der Waals surface area contributed by atoms with Crippen LogP contribution in [0.1, 0.15) is 57.7 Å². The molecule has 11 nitrogen and oxygen atoms in total. The van der Waals surface area contributed by atoms with Crippen molar-refractivity contribution in [1.82, 2.24) is 34.8 Å². The van der Waals surface area contributed by atoms with Gasteiger partial charge in [-0.2, -0.15) is 18.3 Å². The molecule has 14 heteroatoms. The first-order chi connectivity index (χ1) is 18.6. The van der Waals surface area contributed by atoms with Gasteiger partial charge in [0.25, 0.3) is 5.88 Å². The van der Waals surface area contributed by atoms with Crippen molar-refractivity contribution < 1.29 is 32.5 Å². The molecule has 1 aliphatic heterocycles. The van der Waals surface area contributed by atoms with Crippen LogP contribution in [0.5, 0.6) is 11.6 Å². The van der Waals surface area contributed by atoms with Crippen LogP contribution in [0.4, 0.5) is 18.0 Å². The van der Waals surface area contributed by atoms with Crippen molar-refractivity contribution in [2.45, 2.75) is 70.3 Å². The van der Waals surface area contributed by atoms with Crippen LogP contribution in [0.2, 0.25) is 0 Å². The number of urea groups is 1. The van der Waals surface area contributed by atoms with Crippen LogP contribution in [0.15, 0.2) is 24.8 Å². The Morgan fingerprint density at radius 3 is 2.79 bits per heavy atom. The number of pyridine rings is 1. The lowest BCUT2D eigenvalue weighted by Crippen LogP contribution is -2.48. The second kappa shape index (κ2) is 12.0. The zero-order chi connectivity index (χ0) is 28.2. The Hall–Kier alpha value is -3.68. The molecule has 3 aromatic heterocycles. The molecule has 0 aromatic carbocycles. The minimum Gasteiger partial charge on any atom is -0.494 e. The fourth-order valence-electron chi connectivity index (χ4n) is 4.58. The lowest BCUT2D eigenvalue weighted by Gasteiger charge is -2.31. The van der Waals surface area contributed by atoms with Crippen molar-refractivity contribution in [3.8, 4) is 22.9 Å². The summed E-state index contributed by atoms with van der Waals surface area (Å²) in [4.78, 5) is 28.1. The minimum atomic E-state index is -4.78. The van der Waals surface area contributed by atoms with Crippen LogP contribution in [0, 0.1) is 0 Å². The second-order valence-corrected chi connectivity index (χ2v) is 9.37. The number of halogens is 3. The maximum atomic E-state index is 13.3. The quantitative estimate of drug-likeness (QED) is 0.500. The SMILES string of the molecule is CCN1C(=O)N[C@@H](CC(O)C(F)(F)F)CCCCCOc2nc(cn3ncnc23)-c2cc(ncc2OC)[C@H]1C. The highest BCUT2D eigenvalue weighted by molar-refractivity contribution is 5.75. The summed E-state index contributed by atoms with van der Waals surface area (Å²) in [5.74, 6) is 0.719. The van der Waals surface area contributed by atoms with Gasteiger partial charge < -0.3 is 24.8 Å². The van der Waals surface area contributed by atoms with Crippen molar-refractivity contribution in [3.63, 3.8) is 0 Å². The van der Waals surface area contributed by atoms with Gasteiger partial charge in [0, 0.05) is 24.6 Å². The summed E-state index contributed by atoms with van der Waals surface area (Å²) in [6, 6.07) is -0.217. The van der Waals surface area contributed by atoms with Crippen molar-refractivity contribution in [1.29, 1.82) is 0 Å². The van der Waals surface area contributed by atoms with E-state index in [0.29, 0.717) is 54.2 Å². The lowest BCUT2D eigenvalue weighted by molar-refractivity contribution is -0.207. The number of hydrogen-bond acceptors (Lipinski definition) is 8. The van der Waals surface area contributed by atoms with E-state index in [9.17, 15) is 23.1 Å². The molecule has 0 radical (unpaired) electrons. The van der Waals surface area contributed by atoms with Gasteiger partial charge in [0.15, 0.2) is 6.10 Å². The van der Waals surface area contributed by atoms with Gasteiger partial charge in [0.1, 0.15) is 12.1 Å². The van der Waals surface area contributed by atoms with Gasteiger partial charge in [-0.1, -0.05) is 6.42 Å². The van der Waals surface area contributed by atoms with E-state index in [1.165, 1.54) is 24.5 Å². The van der Waals surface area contributed by atoms with Crippen molar-refractivity contribution in [2.75, 3.05) is 20.3 Å². The van der Waals surface area contributed by atoms with E-state index in [-0.39, 0.29) is 18.8 Å². The Morgan fingerprint density at radius 1 is 1.28 bits per heavy atom. The van der Waals surface area contributed by atoms with Gasteiger partial charge in [-0.25, -0.2) is 19.3 Å². The van der Waals surface area contributed by atoms with Crippen LogP contribution >= 0.6 is 0 Å². The maximum Gasteiger partial charge on any atom is 0.414 e. The summed E-state index contributed by atoms with van der Waals surface area (Å²) in [7, 11) is 1.51. The van der Waals surface area contributed by atoms with Crippen LogP contribution in [0.25, 0.3) is 16.9 Å². The highest BCUT2D eigenvalue weighted by atomic mass is 19.4. The van der Waals surface area contributed by atoms with Crippen molar-refractivity contribution in [3.05, 3.63) is 30.5 Å². The third-order valence-electron chi connectivity index (χ3n) is 6.76. The van der Waals surface area contributed by atoms with Crippen LogP contribution in [0.3, 0.4) is 0 Å². The molecular weight excluding hydrogens is 519 g/mol. The number of aromatic nitrogens is 5. The average Bonchev–Trinajstić information content (AvgIpc) is 3.38. The van der Waals surface area contributed by atoms with E-state index in [1.807, 2.05) is 0 Å². The number of nitrogens with one attached hydrogen (secondary N) is 1. The van der Waals surface area contributed by atoms with E-state index in [0.717, 1.165) is 0 Å². The van der Waals surface area contributed by atoms with Gasteiger partial charge in [-0.05, 0) is 39.2 Å². The number of aliphatic hydroxyl groups excluding tert-OH is 1. The third kappa shape index (κ3) is 6.49. The molecule has 3 atom stereocenters. The first-order valence-electron chi connectivity index (χ1n) is 12.8. The molecule has 0 aliphatic carbocycles. The van der Waals surface area contributed by atoms with E-state index < -0.39 is 36.8 Å². The molecule has 2 amide bonds. The number of hydrogen-bond donors (Lipinski definition) is 2. The van der Waals surface area contributed by atoms with Crippen LogP contribution in [-0.4, -0.2) is 79.2 Å². The number of amides is 2. The Bertz CT molecular complexity index is 1290. The summed E-state index contributed by atoms with van der Waals surface area (Å²) in [6.07, 6.45) is -1.34. The Labute approximate surface area is 223 Å². The number of carbonyl (C=O) groups excluding carboxylic acids is 1. The summed E-state index contributed by atoms with van der Waals surface area (Å²) >= 11 is 0. The van der Waals surface area contributed by atoms with Crippen LogP contribution < -0.4 is 14.8 Å². The van der Waals surface area contributed by atoms with Gasteiger partial charge in [0.05, 0.1) is 43.5 Å².